The fourth-order valence-corrected chi connectivity index (χ4v) is 1.40. The summed E-state index contributed by atoms with van der Waals surface area (Å²) in [5.74, 6) is 0.656. The summed E-state index contributed by atoms with van der Waals surface area (Å²) in [5, 5.41) is 3.59. The number of rotatable bonds is 3. The summed E-state index contributed by atoms with van der Waals surface area (Å²) in [6, 6.07) is 3.53. The molecule has 0 aromatic carbocycles. The van der Waals surface area contributed by atoms with Crippen molar-refractivity contribution in [2.75, 3.05) is 0 Å². The average Bonchev–Trinajstić information content (AvgIpc) is 2.74. The lowest BCUT2D eigenvalue weighted by Gasteiger charge is -1.91. The van der Waals surface area contributed by atoms with E-state index in [1.165, 1.54) is 6.20 Å². The van der Waals surface area contributed by atoms with Crippen molar-refractivity contribution in [3.63, 3.8) is 0 Å². The summed E-state index contributed by atoms with van der Waals surface area (Å²) in [6.07, 6.45) is 3.29. The van der Waals surface area contributed by atoms with Crippen molar-refractivity contribution in [3.8, 4) is 0 Å². The molecule has 2 aromatic rings. The molecule has 0 aliphatic rings. The monoisotopic (exact) mass is 194 g/mol. The van der Waals surface area contributed by atoms with E-state index in [0.717, 1.165) is 11.5 Å². The van der Waals surface area contributed by atoms with Gasteiger partial charge in [-0.2, -0.15) is 0 Å². The molecule has 0 saturated carbocycles. The van der Waals surface area contributed by atoms with Gasteiger partial charge in [-0.15, -0.1) is 5.10 Å². The second-order valence-corrected chi connectivity index (χ2v) is 3.25. The average molecular weight is 194 g/mol. The minimum atomic E-state index is -0.00931. The number of furan rings is 1. The topological polar surface area (TPSA) is 56.0 Å². The van der Waals surface area contributed by atoms with Crippen LogP contribution in [0.2, 0.25) is 0 Å². The van der Waals surface area contributed by atoms with Crippen molar-refractivity contribution < 1.29 is 9.21 Å². The van der Waals surface area contributed by atoms with Crippen molar-refractivity contribution in [3.05, 3.63) is 35.2 Å². The lowest BCUT2D eigenvalue weighted by molar-refractivity contribution is 0.0990. The maximum atomic E-state index is 11.4. The highest BCUT2D eigenvalue weighted by Crippen LogP contribution is 2.09. The van der Waals surface area contributed by atoms with E-state index in [9.17, 15) is 4.79 Å². The van der Waals surface area contributed by atoms with Crippen molar-refractivity contribution >= 4 is 17.3 Å². The van der Waals surface area contributed by atoms with Gasteiger partial charge in [-0.1, -0.05) is 4.49 Å². The summed E-state index contributed by atoms with van der Waals surface area (Å²) in [7, 11) is 0. The normalized spacial score (nSPS) is 10.2. The SMILES string of the molecule is O=C(Cc1ccco1)c1cnns1. The van der Waals surface area contributed by atoms with Crippen molar-refractivity contribution in [1.82, 2.24) is 9.59 Å². The first-order valence-corrected chi connectivity index (χ1v) is 4.46. The fraction of sp³-hybridized carbons (Fsp3) is 0.125. The van der Waals surface area contributed by atoms with Crippen LogP contribution in [-0.4, -0.2) is 15.4 Å². The van der Waals surface area contributed by atoms with Gasteiger partial charge in [0.15, 0.2) is 5.78 Å². The van der Waals surface area contributed by atoms with Crippen molar-refractivity contribution in [2.45, 2.75) is 6.42 Å². The Hall–Kier alpha value is -1.49. The van der Waals surface area contributed by atoms with E-state index in [2.05, 4.69) is 9.59 Å². The van der Waals surface area contributed by atoms with Gasteiger partial charge in [0.1, 0.15) is 10.6 Å². The molecule has 0 spiro atoms. The zero-order valence-electron chi connectivity index (χ0n) is 6.64. The second kappa shape index (κ2) is 3.49. The first kappa shape index (κ1) is 8.12. The Morgan fingerprint density at radius 1 is 1.62 bits per heavy atom. The van der Waals surface area contributed by atoms with E-state index < -0.39 is 0 Å². The minimum Gasteiger partial charge on any atom is -0.469 e. The van der Waals surface area contributed by atoms with E-state index in [1.807, 2.05) is 0 Å². The van der Waals surface area contributed by atoms with Crippen LogP contribution in [0.5, 0.6) is 0 Å². The highest BCUT2D eigenvalue weighted by molar-refractivity contribution is 7.07. The molecule has 0 N–H and O–H groups in total. The van der Waals surface area contributed by atoms with E-state index >= 15 is 0 Å². The summed E-state index contributed by atoms with van der Waals surface area (Å²) in [5.41, 5.74) is 0. The van der Waals surface area contributed by atoms with Gasteiger partial charge in [0.05, 0.1) is 18.9 Å². The molecule has 0 aliphatic carbocycles. The Labute approximate surface area is 78.4 Å². The Balaban J connectivity index is 2.08. The van der Waals surface area contributed by atoms with Crippen LogP contribution in [0.4, 0.5) is 0 Å². The minimum absolute atomic E-state index is 0.00931. The molecule has 0 amide bonds. The van der Waals surface area contributed by atoms with Crippen molar-refractivity contribution in [1.29, 1.82) is 0 Å². The van der Waals surface area contributed by atoms with Crippen LogP contribution >= 0.6 is 11.5 Å². The quantitative estimate of drug-likeness (QED) is 0.696. The molecule has 0 radical (unpaired) electrons. The maximum absolute atomic E-state index is 11.4. The summed E-state index contributed by atoms with van der Waals surface area (Å²) >= 11 is 1.10. The third kappa shape index (κ3) is 1.81. The predicted octanol–water partition coefficient (Wildman–Crippen LogP) is 1.56. The van der Waals surface area contributed by atoms with E-state index in [1.54, 1.807) is 18.4 Å². The molecule has 0 saturated heterocycles. The number of Topliss-reactive ketones (excluding diaryl/α,β-unsaturated/α-hetero) is 1. The first-order chi connectivity index (χ1) is 6.36. The number of carbonyl (C=O) groups excluding carboxylic acids is 1. The van der Waals surface area contributed by atoms with Gasteiger partial charge in [0, 0.05) is 0 Å². The summed E-state index contributed by atoms with van der Waals surface area (Å²) in [6.45, 7) is 0. The Kier molecular flexibility index (Phi) is 2.18. The number of nitrogens with zero attached hydrogens (tertiary/aromatic N) is 2. The van der Waals surface area contributed by atoms with Gasteiger partial charge in [-0.3, -0.25) is 4.79 Å². The van der Waals surface area contributed by atoms with Crippen LogP contribution in [0.15, 0.2) is 29.0 Å². The molecule has 4 nitrogen and oxygen atoms in total. The van der Waals surface area contributed by atoms with Crippen molar-refractivity contribution in [2.24, 2.45) is 0 Å². The first-order valence-electron chi connectivity index (χ1n) is 3.69. The van der Waals surface area contributed by atoms with Crippen LogP contribution in [0, 0.1) is 0 Å². The molecule has 2 aromatic heterocycles. The number of ketones is 1. The summed E-state index contributed by atoms with van der Waals surface area (Å²) in [4.78, 5) is 12.0. The van der Waals surface area contributed by atoms with Gasteiger partial charge in [-0.05, 0) is 23.7 Å². The molecule has 2 rings (SSSR count). The highest BCUT2D eigenvalue weighted by Gasteiger charge is 2.10. The Morgan fingerprint density at radius 3 is 3.15 bits per heavy atom. The largest absolute Gasteiger partial charge is 0.469 e. The molecule has 66 valence electrons. The van der Waals surface area contributed by atoms with E-state index in [4.69, 9.17) is 4.42 Å². The molecule has 5 heteroatoms. The molecule has 2 heterocycles. The fourth-order valence-electron chi connectivity index (χ4n) is 0.949. The van der Waals surface area contributed by atoms with Gasteiger partial charge in [0.25, 0.3) is 0 Å². The number of hydrogen-bond acceptors (Lipinski definition) is 5. The van der Waals surface area contributed by atoms with Crippen LogP contribution in [0.1, 0.15) is 15.4 Å². The smallest absolute Gasteiger partial charge is 0.183 e. The zero-order valence-corrected chi connectivity index (χ0v) is 7.45. The summed E-state index contributed by atoms with van der Waals surface area (Å²) < 4.78 is 8.66. The lowest BCUT2D eigenvalue weighted by atomic mass is 10.2. The standard InChI is InChI=1S/C8H6N2O2S/c11-7(8-5-9-10-13-8)4-6-2-1-3-12-6/h1-3,5H,4H2. The van der Waals surface area contributed by atoms with Gasteiger partial charge in [0.2, 0.25) is 0 Å². The third-order valence-corrected chi connectivity index (χ3v) is 2.26. The highest BCUT2D eigenvalue weighted by atomic mass is 32.1. The molecular formula is C8H6N2O2S. The second-order valence-electron chi connectivity index (χ2n) is 2.46. The molecule has 0 atom stereocenters. The van der Waals surface area contributed by atoms with Gasteiger partial charge >= 0.3 is 0 Å². The predicted molar refractivity (Wildman–Crippen MR) is 46.7 cm³/mol. The van der Waals surface area contributed by atoms with E-state index in [0.29, 0.717) is 10.6 Å². The number of aromatic nitrogens is 2. The van der Waals surface area contributed by atoms with Gasteiger partial charge < -0.3 is 4.42 Å². The van der Waals surface area contributed by atoms with Crippen LogP contribution < -0.4 is 0 Å². The Bertz CT molecular complexity index is 380. The van der Waals surface area contributed by atoms with Crippen LogP contribution in [-0.2, 0) is 6.42 Å². The van der Waals surface area contributed by atoms with E-state index in [-0.39, 0.29) is 12.2 Å². The molecule has 13 heavy (non-hydrogen) atoms. The molecule has 0 aliphatic heterocycles. The molecule has 0 fully saturated rings. The molecule has 0 unspecified atom stereocenters. The maximum Gasteiger partial charge on any atom is 0.183 e. The molecular weight excluding hydrogens is 188 g/mol. The Morgan fingerprint density at radius 2 is 2.54 bits per heavy atom. The van der Waals surface area contributed by atoms with Crippen LogP contribution in [0.3, 0.4) is 0 Å². The third-order valence-electron chi connectivity index (χ3n) is 1.55. The number of carbonyl (C=O) groups is 1. The van der Waals surface area contributed by atoms with Gasteiger partial charge in [-0.25, -0.2) is 0 Å². The molecule has 0 bridgehead atoms. The number of hydrogen-bond donors (Lipinski definition) is 0. The van der Waals surface area contributed by atoms with Crippen LogP contribution in [0.25, 0.3) is 0 Å². The lowest BCUT2D eigenvalue weighted by Crippen LogP contribution is -1.99. The zero-order chi connectivity index (χ0) is 9.10.